The Labute approximate surface area is 52.1 Å². The molecule has 0 saturated carbocycles. The Balaban J connectivity index is 4.00. The molecule has 51 valence electrons. The fraction of sp³-hybridized carbons (Fsp3) is 0.667. The van der Waals surface area contributed by atoms with E-state index >= 15 is 0 Å². The van der Waals surface area contributed by atoms with Crippen LogP contribution >= 0.6 is 0 Å². The van der Waals surface area contributed by atoms with E-state index in [1.807, 2.05) is 0 Å². The Morgan fingerprint density at radius 1 is 1.56 bits per heavy atom. The Morgan fingerprint density at radius 2 is 2.00 bits per heavy atom. The van der Waals surface area contributed by atoms with Crippen molar-refractivity contribution in [2.24, 2.45) is 5.92 Å². The molecule has 1 unspecified atom stereocenters. The Morgan fingerprint density at radius 3 is 2.00 bits per heavy atom. The van der Waals surface area contributed by atoms with Gasteiger partial charge >= 0.3 is 6.18 Å². The third kappa shape index (κ3) is 2.41. The molecule has 0 saturated heterocycles. The Kier molecular flexibility index (Phi) is 2.57. The molecule has 0 aromatic rings. The zero-order valence-corrected chi connectivity index (χ0v) is 4.92. The van der Waals surface area contributed by atoms with Crippen molar-refractivity contribution in [1.29, 1.82) is 0 Å². The van der Waals surface area contributed by atoms with E-state index in [0.29, 0.717) is 0 Å². The van der Waals surface area contributed by atoms with Crippen molar-refractivity contribution < 1.29 is 13.2 Å². The van der Waals surface area contributed by atoms with E-state index in [9.17, 15) is 13.2 Å². The predicted molar refractivity (Wildman–Crippen MR) is 27.0 cm³/mol. The average Bonchev–Trinajstić information content (AvgIpc) is 1.65. The van der Waals surface area contributed by atoms with Gasteiger partial charge < -0.3 is 0 Å². The maximum absolute atomic E-state index is 11.5. The lowest BCUT2D eigenvalue weighted by molar-refractivity contribution is -0.158. The first-order valence-electron chi connectivity index (χ1n) is 2.51. The number of halogens is 3. The minimum absolute atomic E-state index is 0.104. The highest BCUT2D eigenvalue weighted by Crippen LogP contribution is 2.27. The van der Waals surface area contributed by atoms with Crippen molar-refractivity contribution in [2.75, 3.05) is 0 Å². The molecular formula is C6H6F3. The second-order valence-electron chi connectivity index (χ2n) is 1.65. The molecule has 9 heavy (non-hydrogen) atoms. The third-order valence-corrected chi connectivity index (χ3v) is 0.978. The van der Waals surface area contributed by atoms with Crippen LogP contribution in [0.15, 0.2) is 0 Å². The summed E-state index contributed by atoms with van der Waals surface area (Å²) in [5.74, 6) is -0.266. The maximum Gasteiger partial charge on any atom is 0.402 e. The van der Waals surface area contributed by atoms with Crippen LogP contribution in [0.2, 0.25) is 0 Å². The van der Waals surface area contributed by atoms with E-state index in [1.54, 1.807) is 0 Å². The lowest BCUT2D eigenvalue weighted by Gasteiger charge is -2.10. The van der Waals surface area contributed by atoms with Gasteiger partial charge in [-0.25, -0.2) is 0 Å². The molecule has 0 fully saturated rings. The fourth-order valence-electron chi connectivity index (χ4n) is 0.415. The van der Waals surface area contributed by atoms with Gasteiger partial charge in [-0.1, -0.05) is 12.8 Å². The molecule has 0 nitrogen and oxygen atoms in total. The quantitative estimate of drug-likeness (QED) is 0.483. The van der Waals surface area contributed by atoms with Gasteiger partial charge in [0.25, 0.3) is 0 Å². The summed E-state index contributed by atoms with van der Waals surface area (Å²) in [6, 6.07) is 0. The van der Waals surface area contributed by atoms with Crippen molar-refractivity contribution in [2.45, 2.75) is 19.5 Å². The van der Waals surface area contributed by atoms with Crippen LogP contribution in [0.4, 0.5) is 13.2 Å². The number of hydrogen-bond acceptors (Lipinski definition) is 0. The fourth-order valence-corrected chi connectivity index (χ4v) is 0.415. The first-order chi connectivity index (χ1) is 4.02. The SMILES string of the molecule is [C]#CC(CC)C(F)(F)F. The molecule has 0 heterocycles. The summed E-state index contributed by atoms with van der Waals surface area (Å²) in [5, 5.41) is 0. The normalized spacial score (nSPS) is 14.6. The summed E-state index contributed by atoms with van der Waals surface area (Å²) in [6.07, 6.45) is 1.86. The standard InChI is InChI=1S/C6H6F3/c1-3-5(4-2)6(7,8)9/h5H,3H2,1H3. The first kappa shape index (κ1) is 8.35. The van der Waals surface area contributed by atoms with Crippen LogP contribution < -0.4 is 0 Å². The van der Waals surface area contributed by atoms with Gasteiger partial charge in [-0.3, -0.25) is 0 Å². The van der Waals surface area contributed by atoms with Crippen molar-refractivity contribution in [1.82, 2.24) is 0 Å². The third-order valence-electron chi connectivity index (χ3n) is 0.978. The summed E-state index contributed by atoms with van der Waals surface area (Å²) >= 11 is 0. The van der Waals surface area contributed by atoms with Crippen molar-refractivity contribution >= 4 is 0 Å². The minimum atomic E-state index is -4.28. The van der Waals surface area contributed by atoms with Gasteiger partial charge in [-0.05, 0) is 12.8 Å². The van der Waals surface area contributed by atoms with Crippen molar-refractivity contribution in [3.05, 3.63) is 6.42 Å². The summed E-state index contributed by atoms with van der Waals surface area (Å²) in [7, 11) is 0. The van der Waals surface area contributed by atoms with Gasteiger partial charge in [0.2, 0.25) is 0 Å². The monoisotopic (exact) mass is 135 g/mol. The molecule has 0 aromatic heterocycles. The van der Waals surface area contributed by atoms with Crippen LogP contribution in [0.1, 0.15) is 13.3 Å². The minimum Gasteiger partial charge on any atom is -0.170 e. The summed E-state index contributed by atoms with van der Waals surface area (Å²) in [4.78, 5) is 0. The lowest BCUT2D eigenvalue weighted by atomic mass is 10.1. The van der Waals surface area contributed by atoms with E-state index in [0.717, 1.165) is 0 Å². The Hall–Kier alpha value is -0.650. The lowest BCUT2D eigenvalue weighted by Crippen LogP contribution is -2.19. The molecule has 0 bridgehead atoms. The number of hydrogen-bond donors (Lipinski definition) is 0. The van der Waals surface area contributed by atoms with Gasteiger partial charge in [0.15, 0.2) is 0 Å². The van der Waals surface area contributed by atoms with Crippen LogP contribution in [0.3, 0.4) is 0 Å². The van der Waals surface area contributed by atoms with Crippen LogP contribution in [-0.4, -0.2) is 6.18 Å². The van der Waals surface area contributed by atoms with Crippen molar-refractivity contribution in [3.8, 4) is 5.92 Å². The molecule has 0 aliphatic heterocycles. The van der Waals surface area contributed by atoms with E-state index in [-0.39, 0.29) is 6.42 Å². The van der Waals surface area contributed by atoms with Crippen LogP contribution in [0.25, 0.3) is 0 Å². The van der Waals surface area contributed by atoms with Gasteiger partial charge in [0.05, 0.1) is 0 Å². The van der Waals surface area contributed by atoms with E-state index in [2.05, 4.69) is 0 Å². The molecule has 0 aliphatic rings. The van der Waals surface area contributed by atoms with Gasteiger partial charge in [0, 0.05) is 0 Å². The highest BCUT2D eigenvalue weighted by molar-refractivity contribution is 4.90. The molecule has 0 spiro atoms. The summed E-state index contributed by atoms with van der Waals surface area (Å²) in [5.41, 5.74) is 0. The number of alkyl halides is 3. The molecule has 3 heteroatoms. The predicted octanol–water partition coefficient (Wildman–Crippen LogP) is 2.16. The molecule has 0 aromatic carbocycles. The molecule has 0 aliphatic carbocycles. The number of rotatable bonds is 1. The zero-order chi connectivity index (χ0) is 7.49. The molecule has 0 rings (SSSR count). The maximum atomic E-state index is 11.5. The zero-order valence-electron chi connectivity index (χ0n) is 4.92. The van der Waals surface area contributed by atoms with Crippen LogP contribution in [-0.2, 0) is 0 Å². The summed E-state index contributed by atoms with van der Waals surface area (Å²) in [6.45, 7) is 1.37. The molecule has 0 N–H and O–H groups in total. The van der Waals surface area contributed by atoms with Gasteiger partial charge in [-0.15, -0.1) is 0 Å². The molecule has 1 atom stereocenters. The second-order valence-corrected chi connectivity index (χ2v) is 1.65. The second kappa shape index (κ2) is 2.77. The smallest absolute Gasteiger partial charge is 0.170 e. The summed E-state index contributed by atoms with van der Waals surface area (Å²) < 4.78 is 34.6. The van der Waals surface area contributed by atoms with E-state index in [1.165, 1.54) is 12.8 Å². The van der Waals surface area contributed by atoms with Gasteiger partial charge in [-0.2, -0.15) is 13.2 Å². The topological polar surface area (TPSA) is 0 Å². The molecule has 0 amide bonds. The van der Waals surface area contributed by atoms with Crippen LogP contribution in [0, 0.1) is 18.3 Å². The largest absolute Gasteiger partial charge is 0.402 e. The Bertz CT molecular complexity index is 117. The first-order valence-corrected chi connectivity index (χ1v) is 2.51. The van der Waals surface area contributed by atoms with E-state index in [4.69, 9.17) is 6.42 Å². The van der Waals surface area contributed by atoms with Crippen molar-refractivity contribution in [3.63, 3.8) is 0 Å². The highest BCUT2D eigenvalue weighted by Gasteiger charge is 2.36. The molecular weight excluding hydrogens is 129 g/mol. The molecule has 1 radical (unpaired) electrons. The van der Waals surface area contributed by atoms with Crippen LogP contribution in [0.5, 0.6) is 0 Å². The highest BCUT2D eigenvalue weighted by atomic mass is 19.4. The van der Waals surface area contributed by atoms with E-state index < -0.39 is 12.1 Å². The van der Waals surface area contributed by atoms with Gasteiger partial charge in [0.1, 0.15) is 5.92 Å². The average molecular weight is 135 g/mol.